The summed E-state index contributed by atoms with van der Waals surface area (Å²) in [6.45, 7) is -0.760. The lowest BCUT2D eigenvalue weighted by Crippen LogP contribution is -1.60. The van der Waals surface area contributed by atoms with E-state index in [1.165, 1.54) is 0 Å². The van der Waals surface area contributed by atoms with E-state index in [1.54, 1.807) is 10.8 Å². The van der Waals surface area contributed by atoms with E-state index in [2.05, 4.69) is 0 Å². The van der Waals surface area contributed by atoms with Gasteiger partial charge in [-0.3, -0.25) is 0 Å². The molecule has 0 aromatic carbocycles. The molecule has 0 radical (unpaired) electrons. The highest BCUT2D eigenvalue weighted by atomic mass is 33.7. The molecule has 1 unspecified atom stereocenters. The van der Waals surface area contributed by atoms with Crippen LogP contribution >= 0.6 is 10.8 Å². The Bertz CT molecular complexity index is 347. The van der Waals surface area contributed by atoms with Crippen LogP contribution in [0.15, 0.2) is 0 Å². The van der Waals surface area contributed by atoms with Gasteiger partial charge in [-0.1, -0.05) is 17.8 Å². The van der Waals surface area contributed by atoms with E-state index in [9.17, 15) is 0 Å². The van der Waals surface area contributed by atoms with Gasteiger partial charge >= 0.3 is 0 Å². The third-order valence-electron chi connectivity index (χ3n) is 0.387. The molecule has 0 spiro atoms. The fourth-order valence-electron chi connectivity index (χ4n) is 0.111. The van der Waals surface area contributed by atoms with Crippen molar-refractivity contribution in [1.82, 2.24) is 0 Å². The van der Waals surface area contributed by atoms with Gasteiger partial charge in [-0.2, -0.15) is 0 Å². The standard InChI is InChI=1S/CH4S8/c1-6-8(4)9(5)7(2)3/h8H,1H3. The van der Waals surface area contributed by atoms with Gasteiger partial charge in [-0.25, -0.2) is 0 Å². The molecule has 0 bridgehead atoms. The third-order valence-corrected chi connectivity index (χ3v) is 23.3. The predicted octanol–water partition coefficient (Wildman–Crippen LogP) is 0.529. The van der Waals surface area contributed by atoms with Crippen molar-refractivity contribution in [2.45, 2.75) is 0 Å². The second kappa shape index (κ2) is 5.64. The lowest BCUT2D eigenvalue weighted by molar-refractivity contribution is 2.55. The molecule has 0 saturated carbocycles. The zero-order chi connectivity index (χ0) is 7.44. The van der Waals surface area contributed by atoms with Gasteiger partial charge in [-0.05, 0) is 64.2 Å². The Balaban J connectivity index is 5.89. The van der Waals surface area contributed by atoms with Crippen LogP contribution in [-0.4, -0.2) is 6.26 Å². The summed E-state index contributed by atoms with van der Waals surface area (Å²) in [5.74, 6) is 0. The lowest BCUT2D eigenvalue weighted by Gasteiger charge is -1.75. The third kappa shape index (κ3) is 4.46. The van der Waals surface area contributed by atoms with Crippen molar-refractivity contribution < 1.29 is 0 Å². The van der Waals surface area contributed by atoms with Crippen LogP contribution in [0.3, 0.4) is 0 Å². The summed E-state index contributed by atoms with van der Waals surface area (Å²) >= 11 is 19.7. The minimum atomic E-state index is -0.532. The van der Waals surface area contributed by atoms with Gasteiger partial charge in [-0.15, -0.1) is 0 Å². The highest BCUT2D eigenvalue weighted by molar-refractivity contribution is 9.03. The second-order valence-corrected chi connectivity index (χ2v) is 19.1. The molecule has 0 aliphatic rings. The van der Waals surface area contributed by atoms with E-state index in [0.717, 1.165) is 0 Å². The molecule has 9 heavy (non-hydrogen) atoms. The number of hydrogen-bond acceptors (Lipinski definition) is 5. The molecule has 0 aromatic rings. The molecular weight excluding hydrogens is 269 g/mol. The normalized spacial score (nSPS) is 12.6. The molecule has 8 heteroatoms. The van der Waals surface area contributed by atoms with Crippen LogP contribution in [0.1, 0.15) is 0 Å². The van der Waals surface area contributed by atoms with Crippen LogP contribution in [0, 0.1) is 0 Å². The van der Waals surface area contributed by atoms with E-state index in [1.807, 2.05) is 6.26 Å². The maximum absolute atomic E-state index is 5.05. The molecule has 0 rings (SSSR count). The zero-order valence-electron chi connectivity index (χ0n) is 4.30. The highest BCUT2D eigenvalue weighted by Gasteiger charge is 1.66. The van der Waals surface area contributed by atoms with Crippen molar-refractivity contribution in [2.75, 3.05) is 6.26 Å². The van der Waals surface area contributed by atoms with Gasteiger partial charge in [0.05, 0.1) is 0 Å². The van der Waals surface area contributed by atoms with Gasteiger partial charge in [0, 0.05) is 0 Å². The summed E-state index contributed by atoms with van der Waals surface area (Å²) < 4.78 is 0. The smallest absolute Gasteiger partial charge is 0.000281 e. The fraction of sp³-hybridized carbons (Fsp3) is 1.00. The highest BCUT2D eigenvalue weighted by Crippen LogP contribution is 1.91. The van der Waals surface area contributed by atoms with Gasteiger partial charge < -0.3 is 0 Å². The van der Waals surface area contributed by atoms with Crippen LogP contribution in [0.5, 0.6) is 0 Å². The summed E-state index contributed by atoms with van der Waals surface area (Å²) in [5, 5.41) is 0. The Hall–Kier alpha value is 2.02. The Morgan fingerprint density at radius 2 is 1.78 bits per heavy atom. The molecular formula is CH4S8. The molecule has 0 aliphatic heterocycles. The first-order valence-electron chi connectivity index (χ1n) is 1.62. The quantitative estimate of drug-likeness (QED) is 0.545. The number of hydrogen-bond donors (Lipinski definition) is 1. The maximum atomic E-state index is 5.05. The molecule has 0 aromatic heterocycles. The average Bonchev–Trinajstić information content (AvgIpc) is 1.84. The van der Waals surface area contributed by atoms with E-state index >= 15 is 0 Å². The van der Waals surface area contributed by atoms with Crippen LogP contribution in [0.25, 0.3) is 0 Å². The Morgan fingerprint density at radius 1 is 1.33 bits per heavy atom. The van der Waals surface area contributed by atoms with Crippen LogP contribution in [0.4, 0.5) is 0 Å². The summed E-state index contributed by atoms with van der Waals surface area (Å²) in [6.07, 6.45) is 1.96. The van der Waals surface area contributed by atoms with Crippen molar-refractivity contribution in [2.24, 2.45) is 0 Å². The van der Waals surface area contributed by atoms with E-state index in [4.69, 9.17) is 44.8 Å². The van der Waals surface area contributed by atoms with E-state index in [0.29, 0.717) is 0 Å². The average molecular weight is 273 g/mol. The Kier molecular flexibility index (Phi) is 6.91. The van der Waals surface area contributed by atoms with Crippen LogP contribution in [0.2, 0.25) is 0 Å². The number of thiol groups is 1. The van der Waals surface area contributed by atoms with Gasteiger partial charge in [0.25, 0.3) is 0 Å². The Morgan fingerprint density at radius 3 is 1.89 bits per heavy atom. The summed E-state index contributed by atoms with van der Waals surface area (Å²) in [7, 11) is 1.09. The van der Waals surface area contributed by atoms with Gasteiger partial charge in [0.15, 0.2) is 0 Å². The van der Waals surface area contributed by atoms with Crippen LogP contribution in [-0.2, 0) is 64.9 Å². The van der Waals surface area contributed by atoms with E-state index < -0.39 is 13.6 Å². The molecule has 0 fully saturated rings. The molecule has 0 heterocycles. The predicted molar refractivity (Wildman–Crippen MR) is 66.5 cm³/mol. The first-order chi connectivity index (χ1) is 4.09. The van der Waals surface area contributed by atoms with Crippen LogP contribution < -0.4 is 0 Å². The van der Waals surface area contributed by atoms with Crippen molar-refractivity contribution in [3.05, 3.63) is 0 Å². The van der Waals surface area contributed by atoms with E-state index in [-0.39, 0.29) is 6.57 Å². The molecule has 0 nitrogen and oxygen atoms in total. The molecule has 0 amide bonds. The van der Waals surface area contributed by atoms with Crippen molar-refractivity contribution >= 4 is 75.7 Å². The minimum absolute atomic E-state index is 0.283. The van der Waals surface area contributed by atoms with Gasteiger partial charge in [0.1, 0.15) is 0 Å². The second-order valence-electron chi connectivity index (χ2n) is 0.827. The Labute approximate surface area is 80.9 Å². The molecule has 56 valence electrons. The largest absolute Gasteiger partial charge is 0.0924 e. The first-order valence-corrected chi connectivity index (χ1v) is 12.2. The van der Waals surface area contributed by atoms with Crippen molar-refractivity contribution in [3.8, 4) is 0 Å². The maximum Gasteiger partial charge on any atom is -0.000281 e. The first kappa shape index (κ1) is 11.0. The fourth-order valence-corrected chi connectivity index (χ4v) is 17.0. The number of rotatable bonds is 1. The molecule has 0 saturated heterocycles. The summed E-state index contributed by atoms with van der Waals surface area (Å²) in [5.41, 5.74) is 0. The molecule has 0 aliphatic carbocycles. The van der Waals surface area contributed by atoms with Gasteiger partial charge in [0.2, 0.25) is 0 Å². The monoisotopic (exact) mass is 272 g/mol. The topological polar surface area (TPSA) is 0 Å². The summed E-state index contributed by atoms with van der Waals surface area (Å²) in [6, 6.07) is 0. The van der Waals surface area contributed by atoms with Crippen molar-refractivity contribution in [1.29, 1.82) is 0 Å². The summed E-state index contributed by atoms with van der Waals surface area (Å²) in [4.78, 5) is 0. The minimum Gasteiger partial charge on any atom is -0.0924 e. The van der Waals surface area contributed by atoms with Crippen molar-refractivity contribution in [3.63, 3.8) is 0 Å². The molecule has 0 N–H and O–H groups in total. The zero-order valence-corrected chi connectivity index (χ0v) is 10.9. The molecule has 1 atom stereocenters. The SMILES string of the molecule is CS[SH](=S)=S(=S)=S(=S)=S. The lowest BCUT2D eigenvalue weighted by atomic mass is 12.0.